The number of halogens is 1. The van der Waals surface area contributed by atoms with Gasteiger partial charge in [-0.15, -0.1) is 11.6 Å². The summed E-state index contributed by atoms with van der Waals surface area (Å²) >= 11 is 6.04. The monoisotopic (exact) mass is 760 g/mol. The van der Waals surface area contributed by atoms with Crippen molar-refractivity contribution in [1.29, 1.82) is 0 Å². The second-order valence-electron chi connectivity index (χ2n) is 15.5. The molecular weight excluding hydrogens is 708 g/mol. The van der Waals surface area contributed by atoms with Crippen LogP contribution in [-0.4, -0.2) is 50.7 Å². The van der Waals surface area contributed by atoms with Crippen LogP contribution in [-0.2, 0) is 29.1 Å². The van der Waals surface area contributed by atoms with Crippen LogP contribution in [0.1, 0.15) is 121 Å². The zero-order valence-electron chi connectivity index (χ0n) is 32.2. The Kier molecular flexibility index (Phi) is 11.2. The summed E-state index contributed by atoms with van der Waals surface area (Å²) in [6.07, 6.45) is 19.0. The zero-order chi connectivity index (χ0) is 37.9. The number of nitrogens with one attached hydrogen (secondary N) is 1. The molecule has 0 saturated heterocycles. The molecule has 9 rings (SSSR count). The van der Waals surface area contributed by atoms with Crippen molar-refractivity contribution in [1.82, 2.24) is 18.7 Å². The summed E-state index contributed by atoms with van der Waals surface area (Å²) < 4.78 is 17.1. The Hall–Kier alpha value is -4.69. The first-order chi connectivity index (χ1) is 27.0. The lowest BCUT2D eigenvalue weighted by Crippen LogP contribution is -2.07. The molecule has 5 heterocycles. The fraction of sp³-hybridized carbons (Fsp3) is 0.435. The van der Waals surface area contributed by atoms with E-state index in [1.165, 1.54) is 123 Å². The van der Waals surface area contributed by atoms with Crippen molar-refractivity contribution in [2.45, 2.75) is 109 Å². The van der Waals surface area contributed by atoms with Crippen LogP contribution in [0.15, 0.2) is 73.1 Å². The quantitative estimate of drug-likeness (QED) is 0.124. The van der Waals surface area contributed by atoms with Crippen LogP contribution in [0.25, 0.3) is 44.6 Å². The molecule has 55 heavy (non-hydrogen) atoms. The predicted molar refractivity (Wildman–Crippen MR) is 221 cm³/mol. The highest BCUT2D eigenvalue weighted by atomic mass is 35.5. The number of carbonyl (C=O) groups is 2. The number of methoxy groups -OCH3 is 2. The predicted octanol–water partition coefficient (Wildman–Crippen LogP) is 11.4. The Bertz CT molecular complexity index is 2280. The summed E-state index contributed by atoms with van der Waals surface area (Å²) in [4.78, 5) is 27.7. The van der Waals surface area contributed by atoms with Crippen LogP contribution >= 0.6 is 11.6 Å². The SMILES string of the molecule is COC(=O)c1ccc2c(C3CCCCC3)c(-c3ccc[nH]3)n(CCCCl)c2c1.COC(=O)c1ccc2c(C3CCCCC3)c3n(c2c1)CCCn1cccc1-3. The fourth-order valence-corrected chi connectivity index (χ4v) is 9.92. The van der Waals surface area contributed by atoms with Gasteiger partial charge < -0.3 is 28.2 Å². The second kappa shape index (κ2) is 16.6. The lowest BCUT2D eigenvalue weighted by Gasteiger charge is -2.23. The Morgan fingerprint density at radius 2 is 1.35 bits per heavy atom. The first kappa shape index (κ1) is 37.2. The third-order valence-corrected chi connectivity index (χ3v) is 12.6. The second-order valence-corrected chi connectivity index (χ2v) is 15.9. The number of ether oxygens (including phenoxy) is 2. The van der Waals surface area contributed by atoms with Crippen LogP contribution in [0.2, 0.25) is 0 Å². The van der Waals surface area contributed by atoms with Crippen molar-refractivity contribution in [2.24, 2.45) is 0 Å². The van der Waals surface area contributed by atoms with Gasteiger partial charge in [0.2, 0.25) is 0 Å². The molecule has 2 aromatic carbocycles. The molecule has 6 aromatic rings. The first-order valence-corrected chi connectivity index (χ1v) is 20.9. The fourth-order valence-electron chi connectivity index (χ4n) is 9.80. The Morgan fingerprint density at radius 1 is 0.727 bits per heavy atom. The van der Waals surface area contributed by atoms with Gasteiger partial charge in [0.25, 0.3) is 0 Å². The van der Waals surface area contributed by atoms with E-state index in [2.05, 4.69) is 55.2 Å². The van der Waals surface area contributed by atoms with Crippen molar-refractivity contribution in [2.75, 3.05) is 20.1 Å². The van der Waals surface area contributed by atoms with Crippen LogP contribution in [0, 0.1) is 0 Å². The van der Waals surface area contributed by atoms with Crippen molar-refractivity contribution in [3.8, 4) is 22.8 Å². The highest BCUT2D eigenvalue weighted by molar-refractivity contribution is 6.17. The summed E-state index contributed by atoms with van der Waals surface area (Å²) in [6.45, 7) is 2.86. The number of benzene rings is 2. The highest BCUT2D eigenvalue weighted by Gasteiger charge is 2.30. The molecular formula is C46H53ClN4O4. The maximum atomic E-state index is 12.1. The molecule has 1 N–H and O–H groups in total. The number of nitrogens with zero attached hydrogens (tertiary/aromatic N) is 3. The van der Waals surface area contributed by atoms with Gasteiger partial charge in [-0.3, -0.25) is 0 Å². The van der Waals surface area contributed by atoms with Gasteiger partial charge in [-0.1, -0.05) is 50.7 Å². The number of fused-ring (bicyclic) bond motifs is 6. The van der Waals surface area contributed by atoms with Gasteiger partial charge in [0.05, 0.1) is 48.1 Å². The van der Waals surface area contributed by atoms with Gasteiger partial charge in [0.1, 0.15) is 0 Å². The summed E-state index contributed by atoms with van der Waals surface area (Å²) in [5.74, 6) is 1.22. The summed E-state index contributed by atoms with van der Waals surface area (Å²) in [7, 11) is 2.88. The van der Waals surface area contributed by atoms with Crippen LogP contribution in [0.4, 0.5) is 0 Å². The average Bonchev–Trinajstić information content (AvgIpc) is 4.03. The molecule has 2 saturated carbocycles. The van der Waals surface area contributed by atoms with Crippen molar-refractivity contribution >= 4 is 45.3 Å². The molecule has 9 heteroatoms. The van der Waals surface area contributed by atoms with E-state index in [0.717, 1.165) is 43.7 Å². The van der Waals surface area contributed by atoms with E-state index in [0.29, 0.717) is 28.8 Å². The number of aryl methyl sites for hydroxylation is 3. The molecule has 0 amide bonds. The van der Waals surface area contributed by atoms with Gasteiger partial charge in [-0.2, -0.15) is 0 Å². The topological polar surface area (TPSA) is 83.2 Å². The standard InChI is InChI=1S/C23H27ClN2O2.C23H26N2O2/c1-28-23(27)17-10-11-18-20(15-17)26(14-6-12-24)22(19-9-5-13-25-19)21(18)16-7-3-2-4-8-16;1-27-23(26)17-10-11-18-20(15-17)25-14-6-13-24-12-5-9-19(24)22(25)21(18)16-7-3-2-4-8-16/h5,9-11,13,15-16,25H,2-4,6-8,12,14H2,1H3;5,9-12,15-16H,2-4,6-8,13-14H2,1H3. The molecule has 1 aliphatic heterocycles. The van der Waals surface area contributed by atoms with E-state index in [1.807, 2.05) is 36.5 Å². The van der Waals surface area contributed by atoms with Crippen LogP contribution < -0.4 is 0 Å². The van der Waals surface area contributed by atoms with Crippen molar-refractivity contribution in [3.05, 3.63) is 95.3 Å². The Morgan fingerprint density at radius 3 is 1.95 bits per heavy atom. The number of alkyl halides is 1. The molecule has 0 bridgehead atoms. The highest BCUT2D eigenvalue weighted by Crippen LogP contribution is 2.46. The van der Waals surface area contributed by atoms with E-state index < -0.39 is 0 Å². The number of rotatable bonds is 8. The van der Waals surface area contributed by atoms with E-state index in [1.54, 1.807) is 0 Å². The smallest absolute Gasteiger partial charge is 0.337 e. The Labute approximate surface area is 328 Å². The molecule has 288 valence electrons. The van der Waals surface area contributed by atoms with E-state index in [9.17, 15) is 9.59 Å². The molecule has 4 aromatic heterocycles. The molecule has 0 spiro atoms. The zero-order valence-corrected chi connectivity index (χ0v) is 33.0. The third-order valence-electron chi connectivity index (χ3n) is 12.3. The minimum atomic E-state index is -0.298. The van der Waals surface area contributed by atoms with Crippen LogP contribution in [0.3, 0.4) is 0 Å². The average molecular weight is 761 g/mol. The normalized spacial score (nSPS) is 16.3. The number of hydrogen-bond donors (Lipinski definition) is 1. The summed E-state index contributed by atoms with van der Waals surface area (Å²) in [5.41, 5.74) is 11.5. The number of aromatic nitrogens is 4. The summed E-state index contributed by atoms with van der Waals surface area (Å²) in [6, 6.07) is 20.7. The van der Waals surface area contributed by atoms with E-state index in [4.69, 9.17) is 21.1 Å². The molecule has 2 fully saturated rings. The largest absolute Gasteiger partial charge is 0.465 e. The van der Waals surface area contributed by atoms with Gasteiger partial charge in [-0.25, -0.2) is 9.59 Å². The van der Waals surface area contributed by atoms with Crippen molar-refractivity contribution < 1.29 is 19.1 Å². The first-order valence-electron chi connectivity index (χ1n) is 20.4. The van der Waals surface area contributed by atoms with Crippen molar-refractivity contribution in [3.63, 3.8) is 0 Å². The maximum Gasteiger partial charge on any atom is 0.337 e. The lowest BCUT2D eigenvalue weighted by atomic mass is 9.82. The Balaban J connectivity index is 0.000000155. The van der Waals surface area contributed by atoms with E-state index >= 15 is 0 Å². The molecule has 8 nitrogen and oxygen atoms in total. The van der Waals surface area contributed by atoms with Gasteiger partial charge in [-0.05, 0) is 110 Å². The van der Waals surface area contributed by atoms with Gasteiger partial charge >= 0.3 is 11.9 Å². The number of aromatic amines is 1. The number of hydrogen-bond acceptors (Lipinski definition) is 4. The maximum absolute atomic E-state index is 12.1. The molecule has 2 aliphatic carbocycles. The molecule has 0 radical (unpaired) electrons. The third kappa shape index (κ3) is 7.14. The molecule has 3 aliphatic rings. The van der Waals surface area contributed by atoms with Gasteiger partial charge in [0, 0.05) is 59.7 Å². The van der Waals surface area contributed by atoms with Gasteiger partial charge in [0.15, 0.2) is 0 Å². The van der Waals surface area contributed by atoms with Crippen LogP contribution in [0.5, 0.6) is 0 Å². The van der Waals surface area contributed by atoms with E-state index in [-0.39, 0.29) is 11.9 Å². The number of carbonyl (C=O) groups excluding carboxylic acids is 2. The number of H-pyrrole nitrogens is 1. The number of esters is 2. The molecule has 0 atom stereocenters. The summed E-state index contributed by atoms with van der Waals surface area (Å²) in [5, 5.41) is 2.57. The lowest BCUT2D eigenvalue weighted by molar-refractivity contribution is 0.0592. The minimum absolute atomic E-state index is 0.260. The minimum Gasteiger partial charge on any atom is -0.465 e. The molecule has 0 unspecified atom stereocenters.